The third-order valence-electron chi connectivity index (χ3n) is 5.21. The van der Waals surface area contributed by atoms with Crippen LogP contribution in [0.2, 0.25) is 0 Å². The summed E-state index contributed by atoms with van der Waals surface area (Å²) in [5.41, 5.74) is 3.16. The Kier molecular flexibility index (Phi) is 3.93. The van der Waals surface area contributed by atoms with Gasteiger partial charge in [0.25, 0.3) is 0 Å². The maximum absolute atomic E-state index is 12.9. The van der Waals surface area contributed by atoms with Gasteiger partial charge in [0.05, 0.1) is 18.7 Å². The number of fused-ring (bicyclic) bond motifs is 4. The summed E-state index contributed by atoms with van der Waals surface area (Å²) in [6, 6.07) is 19.4. The van der Waals surface area contributed by atoms with Gasteiger partial charge in [0.1, 0.15) is 29.3 Å². The lowest BCUT2D eigenvalue weighted by Gasteiger charge is -2.24. The molecule has 1 aliphatic heterocycles. The molecule has 1 N–H and O–H groups in total. The van der Waals surface area contributed by atoms with Crippen molar-refractivity contribution in [3.05, 3.63) is 66.2 Å². The minimum Gasteiger partial charge on any atom is -0.495 e. The van der Waals surface area contributed by atoms with Gasteiger partial charge in [-0.05, 0) is 30.2 Å². The maximum Gasteiger partial charge on any atom is 0.231 e. The summed E-state index contributed by atoms with van der Waals surface area (Å²) in [5.74, 6) is 1.10. The predicted octanol–water partition coefficient (Wildman–Crippen LogP) is 4.78. The number of ether oxygens (including phenoxy) is 2. The molecule has 2 heterocycles. The van der Waals surface area contributed by atoms with Gasteiger partial charge in [-0.15, -0.1) is 0 Å². The number of para-hydroxylation sites is 2. The number of furan rings is 1. The topological polar surface area (TPSA) is 60.7 Å². The summed E-state index contributed by atoms with van der Waals surface area (Å²) in [6.45, 7) is 0.359. The molecule has 0 radical (unpaired) electrons. The molecule has 5 nitrogen and oxygen atoms in total. The van der Waals surface area contributed by atoms with Crippen molar-refractivity contribution in [3.8, 4) is 11.5 Å². The summed E-state index contributed by atoms with van der Waals surface area (Å²) in [7, 11) is 1.60. The number of amides is 1. The zero-order chi connectivity index (χ0) is 19.1. The minimum atomic E-state index is -0.258. The first kappa shape index (κ1) is 16.7. The van der Waals surface area contributed by atoms with E-state index in [1.54, 1.807) is 7.11 Å². The molecule has 0 spiro atoms. The van der Waals surface area contributed by atoms with E-state index in [0.29, 0.717) is 30.0 Å². The van der Waals surface area contributed by atoms with Crippen LogP contribution in [0.5, 0.6) is 11.5 Å². The number of hydrogen-bond acceptors (Lipinski definition) is 4. The van der Waals surface area contributed by atoms with Crippen molar-refractivity contribution in [2.45, 2.75) is 6.42 Å². The van der Waals surface area contributed by atoms with Gasteiger partial charge < -0.3 is 19.2 Å². The van der Waals surface area contributed by atoms with Gasteiger partial charge in [-0.3, -0.25) is 4.79 Å². The first-order valence-electron chi connectivity index (χ1n) is 9.24. The number of benzene rings is 3. The highest BCUT2D eigenvalue weighted by molar-refractivity contribution is 6.07. The number of hydrogen-bond donors (Lipinski definition) is 1. The zero-order valence-electron chi connectivity index (χ0n) is 15.4. The highest BCUT2D eigenvalue weighted by Gasteiger charge is 2.26. The van der Waals surface area contributed by atoms with Crippen LogP contribution in [-0.4, -0.2) is 19.6 Å². The van der Waals surface area contributed by atoms with Crippen LogP contribution >= 0.6 is 0 Å². The molecule has 28 heavy (non-hydrogen) atoms. The molecule has 0 saturated heterocycles. The number of rotatable bonds is 3. The first-order chi connectivity index (χ1) is 13.7. The number of anilines is 1. The van der Waals surface area contributed by atoms with Crippen LogP contribution in [0, 0.1) is 5.92 Å². The number of methoxy groups -OCH3 is 1. The van der Waals surface area contributed by atoms with Crippen molar-refractivity contribution in [2.75, 3.05) is 19.0 Å². The first-order valence-corrected chi connectivity index (χ1v) is 9.24. The molecule has 1 amide bonds. The molecule has 1 atom stereocenters. The number of carbonyl (C=O) groups is 1. The molecule has 3 aromatic carbocycles. The van der Waals surface area contributed by atoms with Crippen LogP contribution in [0.1, 0.15) is 5.56 Å². The molecule has 1 unspecified atom stereocenters. The lowest BCUT2D eigenvalue weighted by Crippen LogP contribution is -2.32. The van der Waals surface area contributed by atoms with Gasteiger partial charge in [-0.25, -0.2) is 0 Å². The number of nitrogens with one attached hydrogen (secondary N) is 1. The molecule has 0 saturated carbocycles. The van der Waals surface area contributed by atoms with Crippen LogP contribution in [0.25, 0.3) is 21.9 Å². The fraction of sp³-hybridized carbons (Fsp3) is 0.174. The van der Waals surface area contributed by atoms with E-state index in [2.05, 4.69) is 5.32 Å². The van der Waals surface area contributed by atoms with Gasteiger partial charge in [0, 0.05) is 16.8 Å². The Morgan fingerprint density at radius 2 is 1.86 bits per heavy atom. The van der Waals surface area contributed by atoms with E-state index in [9.17, 15) is 4.79 Å². The normalized spacial score (nSPS) is 15.8. The Balaban J connectivity index is 1.46. The van der Waals surface area contributed by atoms with E-state index < -0.39 is 0 Å². The van der Waals surface area contributed by atoms with E-state index in [0.717, 1.165) is 27.7 Å². The monoisotopic (exact) mass is 373 g/mol. The molecular weight excluding hydrogens is 354 g/mol. The predicted molar refractivity (Wildman–Crippen MR) is 108 cm³/mol. The van der Waals surface area contributed by atoms with Crippen LogP contribution in [0.3, 0.4) is 0 Å². The molecule has 1 aromatic heterocycles. The van der Waals surface area contributed by atoms with Gasteiger partial charge >= 0.3 is 0 Å². The van der Waals surface area contributed by atoms with Crippen molar-refractivity contribution in [1.29, 1.82) is 0 Å². The van der Waals surface area contributed by atoms with Crippen molar-refractivity contribution in [3.63, 3.8) is 0 Å². The smallest absolute Gasteiger partial charge is 0.231 e. The van der Waals surface area contributed by atoms with Crippen LogP contribution in [-0.2, 0) is 11.2 Å². The van der Waals surface area contributed by atoms with Crippen molar-refractivity contribution < 1.29 is 18.7 Å². The summed E-state index contributed by atoms with van der Waals surface area (Å²) >= 11 is 0. The van der Waals surface area contributed by atoms with Crippen LogP contribution in [0.15, 0.2) is 65.1 Å². The minimum absolute atomic E-state index is 0.0942. The molecule has 1 aliphatic rings. The average Bonchev–Trinajstić information content (AvgIpc) is 3.10. The van der Waals surface area contributed by atoms with E-state index in [-0.39, 0.29) is 11.8 Å². The van der Waals surface area contributed by atoms with E-state index in [1.807, 2.05) is 60.7 Å². The molecule has 4 aromatic rings. The van der Waals surface area contributed by atoms with E-state index in [4.69, 9.17) is 13.9 Å². The fourth-order valence-corrected chi connectivity index (χ4v) is 3.75. The Morgan fingerprint density at radius 1 is 1.04 bits per heavy atom. The third-order valence-corrected chi connectivity index (χ3v) is 5.21. The summed E-state index contributed by atoms with van der Waals surface area (Å²) < 4.78 is 17.2. The highest BCUT2D eigenvalue weighted by atomic mass is 16.5. The lowest BCUT2D eigenvalue weighted by atomic mass is 9.96. The van der Waals surface area contributed by atoms with E-state index >= 15 is 0 Å². The van der Waals surface area contributed by atoms with Crippen molar-refractivity contribution in [2.24, 2.45) is 5.92 Å². The highest BCUT2D eigenvalue weighted by Crippen LogP contribution is 2.37. The maximum atomic E-state index is 12.9. The number of carbonyl (C=O) groups excluding carboxylic acids is 1. The summed E-state index contributed by atoms with van der Waals surface area (Å²) in [6.07, 6.45) is 0.650. The Labute approximate surface area is 161 Å². The average molecular weight is 373 g/mol. The third kappa shape index (κ3) is 2.76. The van der Waals surface area contributed by atoms with Crippen LogP contribution < -0.4 is 14.8 Å². The van der Waals surface area contributed by atoms with Crippen LogP contribution in [0.4, 0.5) is 5.69 Å². The van der Waals surface area contributed by atoms with E-state index in [1.165, 1.54) is 0 Å². The van der Waals surface area contributed by atoms with Crippen molar-refractivity contribution >= 4 is 33.5 Å². The largest absolute Gasteiger partial charge is 0.495 e. The molecular formula is C23H19NO4. The lowest BCUT2D eigenvalue weighted by molar-refractivity contribution is -0.121. The Morgan fingerprint density at radius 3 is 2.75 bits per heavy atom. The SMILES string of the molecule is COc1cc2c(cc1NC(=O)C1COc3ccccc3C1)oc1ccccc12. The second-order valence-electron chi connectivity index (χ2n) is 6.96. The standard InChI is InChI=1S/C23H19NO4/c1-26-22-11-17-16-7-3-5-9-20(16)28-21(17)12-18(22)24-23(25)15-10-14-6-2-4-8-19(14)27-13-15/h2-9,11-12,15H,10,13H2,1H3,(H,24,25). The molecule has 0 fully saturated rings. The van der Waals surface area contributed by atoms with Gasteiger partial charge in [0.15, 0.2) is 0 Å². The second kappa shape index (κ2) is 6.60. The fourth-order valence-electron chi connectivity index (χ4n) is 3.75. The zero-order valence-corrected chi connectivity index (χ0v) is 15.4. The molecule has 0 aliphatic carbocycles. The summed E-state index contributed by atoms with van der Waals surface area (Å²) in [4.78, 5) is 12.9. The molecule has 0 bridgehead atoms. The summed E-state index contributed by atoms with van der Waals surface area (Å²) in [5, 5.41) is 4.97. The molecule has 5 heteroatoms. The Hall–Kier alpha value is -3.47. The molecule has 5 rings (SSSR count). The quantitative estimate of drug-likeness (QED) is 0.561. The van der Waals surface area contributed by atoms with Crippen molar-refractivity contribution in [1.82, 2.24) is 0 Å². The van der Waals surface area contributed by atoms with Gasteiger partial charge in [0.2, 0.25) is 5.91 Å². The van der Waals surface area contributed by atoms with Gasteiger partial charge in [-0.2, -0.15) is 0 Å². The van der Waals surface area contributed by atoms with Gasteiger partial charge in [-0.1, -0.05) is 36.4 Å². The molecule has 140 valence electrons. The Bertz CT molecular complexity index is 1190. The second-order valence-corrected chi connectivity index (χ2v) is 6.96.